The van der Waals surface area contributed by atoms with Gasteiger partial charge in [0.2, 0.25) is 12.8 Å². The molecule has 1 saturated carbocycles. The summed E-state index contributed by atoms with van der Waals surface area (Å²) in [6, 6.07) is 9.83. The number of aliphatic imine (C=N–C) groups is 1. The number of nitrogens with one attached hydrogen (secondary N) is 1. The van der Waals surface area contributed by atoms with Crippen molar-refractivity contribution < 1.29 is 9.13 Å². The smallest absolute Gasteiger partial charge is 0.254 e. The number of ether oxygens (including phenoxy) is 1. The van der Waals surface area contributed by atoms with Crippen LogP contribution in [-0.4, -0.2) is 59.4 Å². The molecule has 1 aromatic carbocycles. The fourth-order valence-corrected chi connectivity index (χ4v) is 4.98. The Balaban J connectivity index is 1.58. The summed E-state index contributed by atoms with van der Waals surface area (Å²) in [6.45, 7) is 6.48. The predicted molar refractivity (Wildman–Crippen MR) is 135 cm³/mol. The van der Waals surface area contributed by atoms with E-state index in [1.165, 1.54) is 6.42 Å². The molecule has 9 heteroatoms. The summed E-state index contributed by atoms with van der Waals surface area (Å²) >= 11 is 0. The first-order valence-electron chi connectivity index (χ1n) is 12.3. The highest BCUT2D eigenvalue weighted by Gasteiger charge is 2.26. The number of aromatic nitrogens is 2. The van der Waals surface area contributed by atoms with Crippen molar-refractivity contribution in [1.82, 2.24) is 14.9 Å². The molecule has 8 nitrogen and oxygen atoms in total. The average molecular weight is 470 g/mol. The second-order valence-electron chi connectivity index (χ2n) is 9.10. The Labute approximate surface area is 201 Å². The van der Waals surface area contributed by atoms with Crippen LogP contribution in [0.2, 0.25) is 0 Å². The number of hydrogen-bond donors (Lipinski definition) is 2. The standard InChI is InChI=1S/C25H36FN7O/c1-3-32-13-7-8-19(16-32)29-23-14-18(2)28-25(30-23)31-24(27)33(20-9-4-5-10-20)21-11-6-12-22(15-21)34-17-26/h6,11-12,14-15,19-20H,3-5,7-10,13,16-17H2,1-2H3,(H3,27,28,29,30,31). The maximum atomic E-state index is 12.7. The maximum Gasteiger partial charge on any atom is 0.254 e. The number of nitrogens with zero attached hydrogens (tertiary/aromatic N) is 5. The van der Waals surface area contributed by atoms with E-state index >= 15 is 0 Å². The van der Waals surface area contributed by atoms with Crippen molar-refractivity contribution in [2.75, 3.05) is 36.7 Å². The number of piperidine rings is 1. The van der Waals surface area contributed by atoms with E-state index in [-0.39, 0.29) is 6.04 Å². The Morgan fingerprint density at radius 2 is 2.06 bits per heavy atom. The SMILES string of the molecule is CCN1CCCC(Nc2cc(C)nc(/N=C(\N)N(c3cccc(OCF)c3)C3CCCC3)n2)C1. The fourth-order valence-electron chi connectivity index (χ4n) is 4.98. The minimum Gasteiger partial charge on any atom is -0.463 e. The van der Waals surface area contributed by atoms with Gasteiger partial charge in [0.05, 0.1) is 0 Å². The van der Waals surface area contributed by atoms with Crippen molar-refractivity contribution in [1.29, 1.82) is 0 Å². The highest BCUT2D eigenvalue weighted by atomic mass is 19.1. The second kappa shape index (κ2) is 11.5. The Bertz CT molecular complexity index is 979. The minimum atomic E-state index is -0.875. The Morgan fingerprint density at radius 3 is 2.82 bits per heavy atom. The zero-order valence-electron chi connectivity index (χ0n) is 20.2. The van der Waals surface area contributed by atoms with Crippen molar-refractivity contribution in [3.63, 3.8) is 0 Å². The lowest BCUT2D eigenvalue weighted by Crippen LogP contribution is -2.43. The lowest BCUT2D eigenvalue weighted by atomic mass is 10.1. The van der Waals surface area contributed by atoms with Gasteiger partial charge in [-0.25, -0.2) is 9.37 Å². The van der Waals surface area contributed by atoms with Gasteiger partial charge < -0.3 is 25.6 Å². The number of nitrogens with two attached hydrogens (primary N) is 1. The van der Waals surface area contributed by atoms with E-state index in [2.05, 4.69) is 32.1 Å². The molecule has 1 aromatic heterocycles. The molecule has 4 rings (SSSR count). The molecule has 3 N–H and O–H groups in total. The summed E-state index contributed by atoms with van der Waals surface area (Å²) in [7, 11) is 0. The number of halogens is 1. The summed E-state index contributed by atoms with van der Waals surface area (Å²) in [4.78, 5) is 18.3. The number of hydrogen-bond acceptors (Lipinski definition) is 6. The Morgan fingerprint density at radius 1 is 1.24 bits per heavy atom. The van der Waals surface area contributed by atoms with Gasteiger partial charge in [-0.1, -0.05) is 25.8 Å². The van der Waals surface area contributed by atoms with Gasteiger partial charge in [0.1, 0.15) is 11.6 Å². The zero-order chi connectivity index (χ0) is 23.9. The third-order valence-corrected chi connectivity index (χ3v) is 6.62. The van der Waals surface area contributed by atoms with E-state index in [0.717, 1.165) is 68.9 Å². The molecule has 1 aliphatic heterocycles. The zero-order valence-corrected chi connectivity index (χ0v) is 20.2. The van der Waals surface area contributed by atoms with Gasteiger partial charge in [0.25, 0.3) is 5.95 Å². The topological polar surface area (TPSA) is 91.9 Å². The summed E-state index contributed by atoms with van der Waals surface area (Å²) in [6.07, 6.45) is 6.60. The summed E-state index contributed by atoms with van der Waals surface area (Å²) in [5, 5.41) is 3.57. The quantitative estimate of drug-likeness (QED) is 0.438. The number of benzene rings is 1. The van der Waals surface area contributed by atoms with Gasteiger partial charge in [0.15, 0.2) is 0 Å². The molecule has 2 fully saturated rings. The van der Waals surface area contributed by atoms with Gasteiger partial charge >= 0.3 is 0 Å². The van der Waals surface area contributed by atoms with Crippen LogP contribution in [0.3, 0.4) is 0 Å². The van der Waals surface area contributed by atoms with Crippen LogP contribution in [0.25, 0.3) is 0 Å². The highest BCUT2D eigenvalue weighted by Crippen LogP contribution is 2.31. The van der Waals surface area contributed by atoms with Crippen LogP contribution in [0.1, 0.15) is 51.1 Å². The number of rotatable bonds is 8. The van der Waals surface area contributed by atoms with E-state index in [4.69, 9.17) is 10.5 Å². The van der Waals surface area contributed by atoms with Crippen molar-refractivity contribution in [2.24, 2.45) is 10.7 Å². The lowest BCUT2D eigenvalue weighted by Gasteiger charge is -2.32. The van der Waals surface area contributed by atoms with Gasteiger partial charge in [-0.3, -0.25) is 0 Å². The maximum absolute atomic E-state index is 12.7. The van der Waals surface area contributed by atoms with Crippen molar-refractivity contribution in [3.8, 4) is 5.75 Å². The molecular weight excluding hydrogens is 433 g/mol. The van der Waals surface area contributed by atoms with E-state index in [1.807, 2.05) is 30.0 Å². The van der Waals surface area contributed by atoms with Crippen LogP contribution < -0.4 is 20.7 Å². The normalized spacial score (nSPS) is 19.9. The van der Waals surface area contributed by atoms with Crippen LogP contribution >= 0.6 is 0 Å². The van der Waals surface area contributed by atoms with Gasteiger partial charge in [-0.05, 0) is 57.8 Å². The molecule has 1 saturated heterocycles. The third kappa shape index (κ3) is 6.14. The number of likely N-dealkylation sites (N-methyl/N-ethyl adjacent to an activating group) is 1. The van der Waals surface area contributed by atoms with Crippen LogP contribution in [0.4, 0.5) is 21.8 Å². The predicted octanol–water partition coefficient (Wildman–Crippen LogP) is 4.38. The molecular formula is C25H36FN7O. The molecule has 1 unspecified atom stereocenters. The van der Waals surface area contributed by atoms with Crippen LogP contribution in [0.15, 0.2) is 35.3 Å². The first-order chi connectivity index (χ1) is 16.6. The summed E-state index contributed by atoms with van der Waals surface area (Å²) < 4.78 is 17.8. The molecule has 0 amide bonds. The average Bonchev–Trinajstić information content (AvgIpc) is 3.34. The second-order valence-corrected chi connectivity index (χ2v) is 9.10. The largest absolute Gasteiger partial charge is 0.463 e. The number of guanidine groups is 1. The lowest BCUT2D eigenvalue weighted by molar-refractivity contribution is 0.192. The van der Waals surface area contributed by atoms with Crippen LogP contribution in [-0.2, 0) is 0 Å². The Kier molecular flexibility index (Phi) is 8.16. The molecule has 34 heavy (non-hydrogen) atoms. The van der Waals surface area contributed by atoms with Gasteiger partial charge in [-0.2, -0.15) is 9.98 Å². The molecule has 2 heterocycles. The molecule has 1 atom stereocenters. The number of anilines is 2. The summed E-state index contributed by atoms with van der Waals surface area (Å²) in [5.41, 5.74) is 8.22. The molecule has 2 aliphatic rings. The molecule has 0 spiro atoms. The monoisotopic (exact) mass is 469 g/mol. The van der Waals surface area contributed by atoms with Crippen LogP contribution in [0, 0.1) is 6.92 Å². The van der Waals surface area contributed by atoms with Crippen molar-refractivity contribution in [2.45, 2.75) is 64.5 Å². The number of likely N-dealkylation sites (tertiary alicyclic amines) is 1. The fraction of sp³-hybridized carbons (Fsp3) is 0.560. The minimum absolute atomic E-state index is 0.217. The highest BCUT2D eigenvalue weighted by molar-refractivity contribution is 5.96. The number of alkyl halides is 1. The Hall–Kier alpha value is -2.94. The van der Waals surface area contributed by atoms with Gasteiger partial charge in [-0.15, -0.1) is 0 Å². The molecule has 184 valence electrons. The van der Waals surface area contributed by atoms with Crippen LogP contribution in [0.5, 0.6) is 5.75 Å². The molecule has 0 bridgehead atoms. The van der Waals surface area contributed by atoms with Crippen molar-refractivity contribution in [3.05, 3.63) is 36.0 Å². The number of aryl methyl sites for hydroxylation is 1. The van der Waals surface area contributed by atoms with E-state index < -0.39 is 6.86 Å². The van der Waals surface area contributed by atoms with Crippen molar-refractivity contribution >= 4 is 23.4 Å². The summed E-state index contributed by atoms with van der Waals surface area (Å²) in [5.74, 6) is 1.90. The molecule has 0 radical (unpaired) electrons. The first kappa shape index (κ1) is 24.2. The molecule has 1 aliphatic carbocycles. The molecule has 2 aromatic rings. The van der Waals surface area contributed by atoms with E-state index in [1.54, 1.807) is 12.1 Å². The van der Waals surface area contributed by atoms with E-state index in [9.17, 15) is 4.39 Å². The van der Waals surface area contributed by atoms with Gasteiger partial charge in [0, 0.05) is 42.1 Å². The third-order valence-electron chi connectivity index (χ3n) is 6.62. The van der Waals surface area contributed by atoms with E-state index in [0.29, 0.717) is 23.7 Å². The first-order valence-corrected chi connectivity index (χ1v) is 12.3.